The number of benzene rings is 1. The third-order valence-corrected chi connectivity index (χ3v) is 2.59. The predicted molar refractivity (Wildman–Crippen MR) is 64.3 cm³/mol. The highest BCUT2D eigenvalue weighted by molar-refractivity contribution is 9.10. The van der Waals surface area contributed by atoms with Crippen LogP contribution in [-0.2, 0) is 0 Å². The lowest BCUT2D eigenvalue weighted by molar-refractivity contribution is 1.15. The summed E-state index contributed by atoms with van der Waals surface area (Å²) < 4.78 is 0.518. The molecule has 0 aliphatic rings. The molecule has 2 N–H and O–H groups in total. The molecule has 16 heavy (non-hydrogen) atoms. The maximum absolute atomic E-state index is 8.75. The molecule has 0 amide bonds. The van der Waals surface area contributed by atoms with E-state index in [1.54, 1.807) is 0 Å². The number of nitriles is 1. The summed E-state index contributed by atoms with van der Waals surface area (Å²) >= 11 is 3.28. The highest BCUT2D eigenvalue weighted by Gasteiger charge is 2.10. The van der Waals surface area contributed by atoms with Crippen molar-refractivity contribution in [3.05, 3.63) is 40.6 Å². The zero-order valence-electron chi connectivity index (χ0n) is 8.18. The Kier molecular flexibility index (Phi) is 2.84. The first-order valence-electron chi connectivity index (χ1n) is 4.51. The molecule has 0 unspecified atom stereocenters. The second-order valence-corrected chi connectivity index (χ2v) is 3.83. The van der Waals surface area contributed by atoms with Crippen LogP contribution in [0.3, 0.4) is 0 Å². The Morgan fingerprint density at radius 2 is 1.88 bits per heavy atom. The van der Waals surface area contributed by atoms with Crippen molar-refractivity contribution in [3.8, 4) is 17.3 Å². The Labute approximate surface area is 101 Å². The molecule has 1 aromatic carbocycles. The quantitative estimate of drug-likeness (QED) is 0.866. The molecule has 0 aliphatic carbocycles. The van der Waals surface area contributed by atoms with Gasteiger partial charge in [-0.1, -0.05) is 30.3 Å². The number of nitrogens with zero attached hydrogens (tertiary/aromatic N) is 3. The third-order valence-electron chi connectivity index (χ3n) is 2.03. The van der Waals surface area contributed by atoms with Gasteiger partial charge in [0.25, 0.3) is 0 Å². The second-order valence-electron chi connectivity index (χ2n) is 3.07. The summed E-state index contributed by atoms with van der Waals surface area (Å²) in [4.78, 5) is 8.20. The van der Waals surface area contributed by atoms with Crippen LogP contribution >= 0.6 is 15.9 Å². The molecule has 0 spiro atoms. The molecule has 5 heteroatoms. The van der Waals surface area contributed by atoms with Crippen molar-refractivity contribution in [2.45, 2.75) is 0 Å². The molecule has 0 fully saturated rings. The van der Waals surface area contributed by atoms with Crippen molar-refractivity contribution in [2.24, 2.45) is 0 Å². The van der Waals surface area contributed by atoms with Crippen molar-refractivity contribution < 1.29 is 0 Å². The molecule has 1 aromatic heterocycles. The molecule has 4 nitrogen and oxygen atoms in total. The van der Waals surface area contributed by atoms with Gasteiger partial charge in [0, 0.05) is 5.56 Å². The summed E-state index contributed by atoms with van der Waals surface area (Å²) in [7, 11) is 0. The number of hydrogen-bond acceptors (Lipinski definition) is 4. The Hall–Kier alpha value is -1.93. The van der Waals surface area contributed by atoms with E-state index in [2.05, 4.69) is 25.9 Å². The van der Waals surface area contributed by atoms with Crippen LogP contribution in [0.4, 0.5) is 5.82 Å². The van der Waals surface area contributed by atoms with Crippen LogP contribution in [0.2, 0.25) is 0 Å². The zero-order valence-corrected chi connectivity index (χ0v) is 9.77. The van der Waals surface area contributed by atoms with E-state index in [1.807, 2.05) is 36.4 Å². The minimum atomic E-state index is 0.131. The highest BCUT2D eigenvalue weighted by Crippen LogP contribution is 2.26. The second kappa shape index (κ2) is 4.29. The average molecular weight is 275 g/mol. The summed E-state index contributed by atoms with van der Waals surface area (Å²) in [6.07, 6.45) is 0. The number of aromatic nitrogens is 2. The number of hydrogen-bond donors (Lipinski definition) is 1. The number of nitrogens with two attached hydrogens (primary N) is 1. The average Bonchev–Trinajstić information content (AvgIpc) is 2.32. The fourth-order valence-corrected chi connectivity index (χ4v) is 1.78. The minimum Gasteiger partial charge on any atom is -0.381 e. The van der Waals surface area contributed by atoms with Crippen LogP contribution in [0.25, 0.3) is 11.3 Å². The van der Waals surface area contributed by atoms with Crippen LogP contribution < -0.4 is 5.73 Å². The first-order valence-corrected chi connectivity index (χ1v) is 5.30. The molecule has 78 valence electrons. The van der Waals surface area contributed by atoms with E-state index in [9.17, 15) is 0 Å². The van der Waals surface area contributed by atoms with Gasteiger partial charge in [-0.3, -0.25) is 0 Å². The normalized spacial score (nSPS) is 9.75. The van der Waals surface area contributed by atoms with E-state index in [-0.39, 0.29) is 11.5 Å². The van der Waals surface area contributed by atoms with Crippen LogP contribution in [0.1, 0.15) is 5.69 Å². The van der Waals surface area contributed by atoms with Gasteiger partial charge in [-0.25, -0.2) is 9.97 Å². The molecule has 2 rings (SSSR count). The van der Waals surface area contributed by atoms with Gasteiger partial charge in [0.1, 0.15) is 16.4 Å². The minimum absolute atomic E-state index is 0.131. The molecular formula is C11H7BrN4. The van der Waals surface area contributed by atoms with Gasteiger partial charge >= 0.3 is 0 Å². The van der Waals surface area contributed by atoms with Crippen molar-refractivity contribution >= 4 is 21.7 Å². The molecule has 0 bridgehead atoms. The van der Waals surface area contributed by atoms with Crippen molar-refractivity contribution in [1.82, 2.24) is 9.97 Å². The van der Waals surface area contributed by atoms with Gasteiger partial charge in [0.05, 0.1) is 0 Å². The molecule has 0 aliphatic heterocycles. The van der Waals surface area contributed by atoms with E-state index in [4.69, 9.17) is 11.0 Å². The van der Waals surface area contributed by atoms with Crippen molar-refractivity contribution in [3.63, 3.8) is 0 Å². The number of rotatable bonds is 1. The monoisotopic (exact) mass is 274 g/mol. The Morgan fingerprint density at radius 3 is 2.50 bits per heavy atom. The van der Waals surface area contributed by atoms with Crippen molar-refractivity contribution in [1.29, 1.82) is 5.26 Å². The van der Waals surface area contributed by atoms with Crippen LogP contribution in [-0.4, -0.2) is 9.97 Å². The Morgan fingerprint density at radius 1 is 1.19 bits per heavy atom. The molecule has 0 atom stereocenters. The summed E-state index contributed by atoms with van der Waals surface area (Å²) in [5.74, 6) is 0.143. The van der Waals surface area contributed by atoms with Gasteiger partial charge in [-0.2, -0.15) is 5.26 Å². The van der Waals surface area contributed by atoms with E-state index in [1.165, 1.54) is 0 Å². The first kappa shape index (κ1) is 10.6. The van der Waals surface area contributed by atoms with E-state index >= 15 is 0 Å². The number of nitrogen functional groups attached to an aromatic ring is 1. The van der Waals surface area contributed by atoms with Gasteiger partial charge in [0.15, 0.2) is 11.5 Å². The third kappa shape index (κ3) is 1.88. The van der Waals surface area contributed by atoms with Crippen LogP contribution in [0, 0.1) is 11.3 Å². The molecule has 0 saturated heterocycles. The maximum atomic E-state index is 8.75. The summed E-state index contributed by atoms with van der Waals surface area (Å²) in [6, 6.07) is 11.4. The highest BCUT2D eigenvalue weighted by atomic mass is 79.9. The largest absolute Gasteiger partial charge is 0.381 e. The summed E-state index contributed by atoms with van der Waals surface area (Å²) in [5.41, 5.74) is 7.29. The van der Waals surface area contributed by atoms with Gasteiger partial charge in [0.2, 0.25) is 0 Å². The SMILES string of the molecule is N#Cc1nc(Br)c(-c2ccccc2)nc1N. The fraction of sp³-hybridized carbons (Fsp3) is 0. The van der Waals surface area contributed by atoms with E-state index < -0.39 is 0 Å². The number of halogens is 1. The zero-order chi connectivity index (χ0) is 11.5. The lowest BCUT2D eigenvalue weighted by Gasteiger charge is -2.04. The first-order chi connectivity index (χ1) is 7.72. The van der Waals surface area contributed by atoms with Crippen LogP contribution in [0.15, 0.2) is 34.9 Å². The van der Waals surface area contributed by atoms with Gasteiger partial charge in [-0.05, 0) is 15.9 Å². The molecule has 0 radical (unpaired) electrons. The Bertz CT molecular complexity index is 560. The Balaban J connectivity index is 2.60. The molecule has 1 heterocycles. The predicted octanol–water partition coefficient (Wildman–Crippen LogP) is 2.36. The fourth-order valence-electron chi connectivity index (χ4n) is 1.29. The maximum Gasteiger partial charge on any atom is 0.183 e. The standard InChI is InChI=1S/C11H7BrN4/c12-10-9(7-4-2-1-3-5-7)16-11(14)8(6-13)15-10/h1-5H,(H2,14,16). The van der Waals surface area contributed by atoms with E-state index in [0.29, 0.717) is 10.3 Å². The lowest BCUT2D eigenvalue weighted by Crippen LogP contribution is -2.00. The number of anilines is 1. The van der Waals surface area contributed by atoms with Crippen molar-refractivity contribution in [2.75, 3.05) is 5.73 Å². The van der Waals surface area contributed by atoms with Gasteiger partial charge < -0.3 is 5.73 Å². The smallest absolute Gasteiger partial charge is 0.183 e. The lowest BCUT2D eigenvalue weighted by atomic mass is 10.2. The summed E-state index contributed by atoms with van der Waals surface area (Å²) in [5, 5.41) is 8.75. The van der Waals surface area contributed by atoms with Crippen LogP contribution in [0.5, 0.6) is 0 Å². The summed E-state index contributed by atoms with van der Waals surface area (Å²) in [6.45, 7) is 0. The van der Waals surface area contributed by atoms with Gasteiger partial charge in [-0.15, -0.1) is 0 Å². The van der Waals surface area contributed by atoms with E-state index in [0.717, 1.165) is 5.56 Å². The molecule has 0 saturated carbocycles. The molecule has 2 aromatic rings. The topological polar surface area (TPSA) is 75.6 Å². The molecular weight excluding hydrogens is 268 g/mol.